The van der Waals surface area contributed by atoms with Gasteiger partial charge in [-0.25, -0.2) is 14.6 Å². The normalized spacial score (nSPS) is 14.3. The van der Waals surface area contributed by atoms with E-state index in [1.807, 2.05) is 0 Å². The first-order chi connectivity index (χ1) is 14.4. The lowest BCUT2D eigenvalue weighted by Crippen LogP contribution is -2.14. The zero-order chi connectivity index (χ0) is 21.7. The Labute approximate surface area is 175 Å². The van der Waals surface area contributed by atoms with Crippen molar-refractivity contribution in [1.29, 1.82) is 0 Å². The van der Waals surface area contributed by atoms with Crippen LogP contribution in [0.2, 0.25) is 5.02 Å². The van der Waals surface area contributed by atoms with Crippen molar-refractivity contribution in [2.24, 2.45) is 4.99 Å². The number of nitrogens with zero attached hydrogens (tertiary/aromatic N) is 2. The van der Waals surface area contributed by atoms with Gasteiger partial charge in [0.15, 0.2) is 12.3 Å². The van der Waals surface area contributed by atoms with Crippen LogP contribution in [0.15, 0.2) is 53.2 Å². The van der Waals surface area contributed by atoms with Crippen LogP contribution in [0.25, 0.3) is 6.08 Å². The van der Waals surface area contributed by atoms with Crippen molar-refractivity contribution in [2.75, 3.05) is 13.2 Å². The highest BCUT2D eigenvalue weighted by molar-refractivity contribution is 6.34. The van der Waals surface area contributed by atoms with Gasteiger partial charge >= 0.3 is 11.9 Å². The Hall–Kier alpha value is -3.72. The third-order valence-corrected chi connectivity index (χ3v) is 4.19. The first kappa shape index (κ1) is 21.0. The van der Waals surface area contributed by atoms with Gasteiger partial charge in [0, 0.05) is 12.1 Å². The van der Waals surface area contributed by atoms with E-state index in [9.17, 15) is 19.7 Å². The smallest absolute Gasteiger partial charge is 0.363 e. The molecule has 1 aliphatic heterocycles. The number of nitro groups is 1. The minimum absolute atomic E-state index is 0.00719. The first-order valence-electron chi connectivity index (χ1n) is 8.72. The van der Waals surface area contributed by atoms with Crippen molar-refractivity contribution < 1.29 is 28.7 Å². The number of esters is 2. The number of benzene rings is 2. The van der Waals surface area contributed by atoms with Crippen molar-refractivity contribution >= 4 is 41.2 Å². The molecule has 0 aliphatic carbocycles. The van der Waals surface area contributed by atoms with Crippen LogP contribution in [-0.4, -0.2) is 36.0 Å². The number of hydrogen-bond acceptors (Lipinski definition) is 8. The molecule has 0 atom stereocenters. The molecule has 1 aliphatic rings. The van der Waals surface area contributed by atoms with Crippen LogP contribution < -0.4 is 4.74 Å². The van der Waals surface area contributed by atoms with E-state index >= 15 is 0 Å². The van der Waals surface area contributed by atoms with Gasteiger partial charge in [0.2, 0.25) is 5.90 Å². The summed E-state index contributed by atoms with van der Waals surface area (Å²) in [6, 6.07) is 10.3. The van der Waals surface area contributed by atoms with Crippen LogP contribution in [-0.2, 0) is 19.1 Å². The molecule has 0 saturated heterocycles. The lowest BCUT2D eigenvalue weighted by atomic mass is 10.2. The quantitative estimate of drug-likeness (QED) is 0.285. The Balaban J connectivity index is 1.77. The predicted molar refractivity (Wildman–Crippen MR) is 107 cm³/mol. The molecule has 154 valence electrons. The van der Waals surface area contributed by atoms with Gasteiger partial charge in [-0.15, -0.1) is 0 Å². The molecule has 0 unspecified atom stereocenters. The van der Waals surface area contributed by atoms with Gasteiger partial charge in [-0.1, -0.05) is 23.7 Å². The number of non-ortho nitro benzene ring substituents is 1. The summed E-state index contributed by atoms with van der Waals surface area (Å²) >= 11 is 6.06. The zero-order valence-corrected chi connectivity index (χ0v) is 16.4. The summed E-state index contributed by atoms with van der Waals surface area (Å²) in [5.41, 5.74) is 0.572. The summed E-state index contributed by atoms with van der Waals surface area (Å²) in [5, 5.41) is 11.1. The summed E-state index contributed by atoms with van der Waals surface area (Å²) < 4.78 is 15.2. The highest BCUT2D eigenvalue weighted by atomic mass is 35.5. The predicted octanol–water partition coefficient (Wildman–Crippen LogP) is 3.53. The molecule has 0 fully saturated rings. The molecular formula is C20H15ClN2O7. The van der Waals surface area contributed by atoms with E-state index in [4.69, 9.17) is 25.8 Å². The average molecular weight is 431 g/mol. The van der Waals surface area contributed by atoms with Crippen molar-refractivity contribution in [3.8, 4) is 5.75 Å². The number of cyclic esters (lactones) is 1. The molecule has 0 spiro atoms. The molecule has 1 heterocycles. The Morgan fingerprint density at radius 3 is 2.67 bits per heavy atom. The van der Waals surface area contributed by atoms with Crippen LogP contribution in [0, 0.1) is 10.1 Å². The van der Waals surface area contributed by atoms with Crippen molar-refractivity contribution in [2.45, 2.75) is 6.92 Å². The number of nitro benzene ring substituents is 1. The standard InChI is InChI=1S/C20H15ClN2O7/c1-2-28-18(24)11-29-14-6-3-12(4-7-14)9-17-20(25)30-19(22-17)15-10-13(23(26)27)5-8-16(15)21/h3-10H,2,11H2,1H3/b17-9-. The molecular weight excluding hydrogens is 416 g/mol. The number of ether oxygens (including phenoxy) is 3. The Morgan fingerprint density at radius 1 is 1.27 bits per heavy atom. The number of rotatable bonds is 7. The number of halogens is 1. The third kappa shape index (κ3) is 5.00. The van der Waals surface area contributed by atoms with E-state index in [0.29, 0.717) is 11.3 Å². The van der Waals surface area contributed by atoms with Crippen LogP contribution in [0.1, 0.15) is 18.1 Å². The molecule has 30 heavy (non-hydrogen) atoms. The minimum atomic E-state index is -0.713. The van der Waals surface area contributed by atoms with Gasteiger partial charge < -0.3 is 14.2 Å². The van der Waals surface area contributed by atoms with Gasteiger partial charge in [0.1, 0.15) is 5.75 Å². The van der Waals surface area contributed by atoms with E-state index in [1.165, 1.54) is 24.3 Å². The number of hydrogen-bond donors (Lipinski definition) is 0. The maximum absolute atomic E-state index is 12.1. The maximum Gasteiger partial charge on any atom is 0.363 e. The number of carbonyl (C=O) groups is 2. The molecule has 0 bridgehead atoms. The molecule has 3 rings (SSSR count). The molecule has 0 saturated carbocycles. The van der Waals surface area contributed by atoms with Crippen molar-refractivity contribution in [1.82, 2.24) is 0 Å². The fourth-order valence-corrected chi connectivity index (χ4v) is 2.68. The monoisotopic (exact) mass is 430 g/mol. The Kier molecular flexibility index (Phi) is 6.43. The molecule has 9 nitrogen and oxygen atoms in total. The largest absolute Gasteiger partial charge is 0.482 e. The van der Waals surface area contributed by atoms with Crippen LogP contribution in [0.5, 0.6) is 5.75 Å². The van der Waals surface area contributed by atoms with E-state index in [-0.39, 0.29) is 41.1 Å². The zero-order valence-electron chi connectivity index (χ0n) is 15.7. The summed E-state index contributed by atoms with van der Waals surface area (Å²) in [6.07, 6.45) is 1.48. The molecule has 2 aromatic rings. The topological polar surface area (TPSA) is 117 Å². The first-order valence-corrected chi connectivity index (χ1v) is 9.10. The lowest BCUT2D eigenvalue weighted by Gasteiger charge is -2.05. The molecule has 0 aromatic heterocycles. The summed E-state index contributed by atoms with van der Waals surface area (Å²) in [7, 11) is 0. The SMILES string of the molecule is CCOC(=O)COc1ccc(/C=C2\N=C(c3cc([N+](=O)[O-])ccc3Cl)OC2=O)cc1. The second kappa shape index (κ2) is 9.19. The van der Waals surface area contributed by atoms with Gasteiger partial charge in [0.05, 0.1) is 22.1 Å². The van der Waals surface area contributed by atoms with Crippen LogP contribution in [0.3, 0.4) is 0 Å². The maximum atomic E-state index is 12.1. The Bertz CT molecular complexity index is 1060. The highest BCUT2D eigenvalue weighted by Gasteiger charge is 2.27. The van der Waals surface area contributed by atoms with E-state index < -0.39 is 16.9 Å². The van der Waals surface area contributed by atoms with Crippen LogP contribution >= 0.6 is 11.6 Å². The van der Waals surface area contributed by atoms with Gasteiger partial charge in [0.25, 0.3) is 5.69 Å². The second-order valence-electron chi connectivity index (χ2n) is 5.92. The summed E-state index contributed by atoms with van der Waals surface area (Å²) in [6.45, 7) is 1.77. The lowest BCUT2D eigenvalue weighted by molar-refractivity contribution is -0.384. The molecule has 0 radical (unpaired) electrons. The summed E-state index contributed by atoms with van der Waals surface area (Å²) in [4.78, 5) is 37.9. The number of carbonyl (C=O) groups excluding carboxylic acids is 2. The van der Waals surface area contributed by atoms with E-state index in [2.05, 4.69) is 4.99 Å². The molecule has 0 N–H and O–H groups in total. The number of aliphatic imine (C=N–C) groups is 1. The van der Waals surface area contributed by atoms with Crippen molar-refractivity contribution in [3.63, 3.8) is 0 Å². The van der Waals surface area contributed by atoms with Crippen LogP contribution in [0.4, 0.5) is 5.69 Å². The third-order valence-electron chi connectivity index (χ3n) is 3.86. The molecule has 10 heteroatoms. The fourth-order valence-electron chi connectivity index (χ4n) is 2.48. The van der Waals surface area contributed by atoms with Crippen molar-refractivity contribution in [3.05, 3.63) is 74.4 Å². The average Bonchev–Trinajstić information content (AvgIpc) is 3.08. The highest BCUT2D eigenvalue weighted by Crippen LogP contribution is 2.27. The van der Waals surface area contributed by atoms with Gasteiger partial charge in [-0.2, -0.15) is 0 Å². The van der Waals surface area contributed by atoms with E-state index in [1.54, 1.807) is 31.2 Å². The minimum Gasteiger partial charge on any atom is -0.482 e. The van der Waals surface area contributed by atoms with Gasteiger partial charge in [-0.05, 0) is 36.8 Å². The van der Waals surface area contributed by atoms with E-state index in [0.717, 1.165) is 0 Å². The van der Waals surface area contributed by atoms with Gasteiger partial charge in [-0.3, -0.25) is 10.1 Å². The molecule has 0 amide bonds. The summed E-state index contributed by atoms with van der Waals surface area (Å²) in [5.74, 6) is -0.851. The Morgan fingerprint density at radius 2 is 2.00 bits per heavy atom. The fraction of sp³-hybridized carbons (Fsp3) is 0.150. The molecule has 2 aromatic carbocycles. The second-order valence-corrected chi connectivity index (χ2v) is 6.33.